The predicted octanol–water partition coefficient (Wildman–Crippen LogP) is 4.15. The maximum atomic E-state index is 5.99. The molecule has 0 radical (unpaired) electrons. The summed E-state index contributed by atoms with van der Waals surface area (Å²) in [5.41, 5.74) is 0.227. The van der Waals surface area contributed by atoms with Crippen molar-refractivity contribution in [1.29, 1.82) is 0 Å². The molecule has 0 N–H and O–H groups in total. The van der Waals surface area contributed by atoms with Gasteiger partial charge in [0.1, 0.15) is 4.33 Å². The van der Waals surface area contributed by atoms with Crippen LogP contribution in [-0.4, -0.2) is 4.33 Å². The lowest BCUT2D eigenvalue weighted by Gasteiger charge is -2.10. The van der Waals surface area contributed by atoms with E-state index in [1.54, 1.807) is 0 Å². The Balaban J connectivity index is 2.18. The van der Waals surface area contributed by atoms with E-state index in [0.717, 1.165) is 6.42 Å². The summed E-state index contributed by atoms with van der Waals surface area (Å²) >= 11 is 12.0. The molecular formula is C9H16Cl2. The molecule has 0 bridgehead atoms. The molecule has 0 aromatic heterocycles. The summed E-state index contributed by atoms with van der Waals surface area (Å²) in [5.74, 6) is 0. The molecule has 0 spiro atoms. The normalized spacial score (nSPS) is 33.8. The Kier molecular flexibility index (Phi) is 2.76. The van der Waals surface area contributed by atoms with Gasteiger partial charge in [-0.2, -0.15) is 0 Å². The highest BCUT2D eigenvalue weighted by Crippen LogP contribution is 2.66. The van der Waals surface area contributed by atoms with E-state index < -0.39 is 4.33 Å². The Bertz CT molecular complexity index is 142. The third-order valence-corrected chi connectivity index (χ3v) is 3.88. The minimum Gasteiger partial charge on any atom is -0.101 e. The Morgan fingerprint density at radius 3 is 2.18 bits per heavy atom. The first-order valence-electron chi connectivity index (χ1n) is 4.40. The number of hydrogen-bond acceptors (Lipinski definition) is 0. The van der Waals surface area contributed by atoms with Gasteiger partial charge in [0.25, 0.3) is 0 Å². The zero-order valence-electron chi connectivity index (χ0n) is 7.29. The second-order valence-electron chi connectivity index (χ2n) is 3.90. The van der Waals surface area contributed by atoms with Crippen molar-refractivity contribution in [2.75, 3.05) is 0 Å². The van der Waals surface area contributed by atoms with Gasteiger partial charge in [-0.1, -0.05) is 33.1 Å². The number of alkyl halides is 2. The zero-order valence-corrected chi connectivity index (χ0v) is 8.80. The van der Waals surface area contributed by atoms with Crippen molar-refractivity contribution in [2.45, 2.75) is 50.3 Å². The molecule has 1 rings (SSSR count). The Morgan fingerprint density at radius 2 is 1.82 bits per heavy atom. The van der Waals surface area contributed by atoms with Gasteiger partial charge in [0.05, 0.1) is 0 Å². The molecule has 1 atom stereocenters. The van der Waals surface area contributed by atoms with Crippen molar-refractivity contribution >= 4 is 23.2 Å². The number of rotatable bonds is 4. The van der Waals surface area contributed by atoms with E-state index >= 15 is 0 Å². The van der Waals surface area contributed by atoms with E-state index in [1.807, 2.05) is 0 Å². The van der Waals surface area contributed by atoms with Crippen molar-refractivity contribution in [3.8, 4) is 0 Å². The van der Waals surface area contributed by atoms with Crippen molar-refractivity contribution in [3.05, 3.63) is 0 Å². The zero-order chi connectivity index (χ0) is 8.54. The van der Waals surface area contributed by atoms with Crippen LogP contribution in [0.15, 0.2) is 0 Å². The van der Waals surface area contributed by atoms with E-state index in [0.29, 0.717) is 0 Å². The molecule has 1 aliphatic rings. The smallest absolute Gasteiger partial charge is 0.101 e. The van der Waals surface area contributed by atoms with Gasteiger partial charge in [-0.15, -0.1) is 23.2 Å². The maximum absolute atomic E-state index is 5.99. The highest BCUT2D eigenvalue weighted by Gasteiger charge is 2.61. The van der Waals surface area contributed by atoms with Crippen LogP contribution >= 0.6 is 23.2 Å². The summed E-state index contributed by atoms with van der Waals surface area (Å²) in [6, 6.07) is 0. The number of unbranched alkanes of at least 4 members (excludes halogenated alkanes) is 2. The number of halogens is 2. The summed E-state index contributed by atoms with van der Waals surface area (Å²) in [6.07, 6.45) is 6.02. The van der Waals surface area contributed by atoms with Crippen LogP contribution in [0.5, 0.6) is 0 Å². The highest BCUT2D eigenvalue weighted by atomic mass is 35.5. The van der Waals surface area contributed by atoms with Crippen LogP contribution in [-0.2, 0) is 0 Å². The molecule has 0 heterocycles. The van der Waals surface area contributed by atoms with Crippen LogP contribution in [0.3, 0.4) is 0 Å². The van der Waals surface area contributed by atoms with Crippen LogP contribution in [0, 0.1) is 5.41 Å². The molecule has 1 aliphatic carbocycles. The van der Waals surface area contributed by atoms with Gasteiger partial charge in [-0.05, 0) is 12.8 Å². The van der Waals surface area contributed by atoms with Crippen molar-refractivity contribution in [2.24, 2.45) is 5.41 Å². The molecule has 1 unspecified atom stereocenters. The lowest BCUT2D eigenvalue weighted by atomic mass is 10.0. The fourth-order valence-electron chi connectivity index (χ4n) is 1.48. The second-order valence-corrected chi connectivity index (χ2v) is 5.38. The summed E-state index contributed by atoms with van der Waals surface area (Å²) in [6.45, 7) is 4.40. The third-order valence-electron chi connectivity index (χ3n) is 2.70. The van der Waals surface area contributed by atoms with Crippen molar-refractivity contribution < 1.29 is 0 Å². The van der Waals surface area contributed by atoms with E-state index in [2.05, 4.69) is 13.8 Å². The van der Waals surface area contributed by atoms with Crippen LogP contribution in [0.25, 0.3) is 0 Å². The van der Waals surface area contributed by atoms with E-state index in [9.17, 15) is 0 Å². The Labute approximate surface area is 79.3 Å². The molecule has 66 valence electrons. The van der Waals surface area contributed by atoms with Crippen LogP contribution in [0.2, 0.25) is 0 Å². The Hall–Kier alpha value is 0.580. The first kappa shape index (κ1) is 9.67. The summed E-state index contributed by atoms with van der Waals surface area (Å²) in [4.78, 5) is 0. The van der Waals surface area contributed by atoms with Gasteiger partial charge in [-0.3, -0.25) is 0 Å². The molecule has 2 heteroatoms. The minimum absolute atomic E-state index is 0.227. The summed E-state index contributed by atoms with van der Waals surface area (Å²) in [5, 5.41) is 0. The molecule has 11 heavy (non-hydrogen) atoms. The fraction of sp³-hybridized carbons (Fsp3) is 1.00. The van der Waals surface area contributed by atoms with E-state index in [4.69, 9.17) is 23.2 Å². The lowest BCUT2D eigenvalue weighted by Crippen LogP contribution is -2.03. The van der Waals surface area contributed by atoms with Crippen molar-refractivity contribution in [3.63, 3.8) is 0 Å². The van der Waals surface area contributed by atoms with Gasteiger partial charge in [0.2, 0.25) is 0 Å². The minimum atomic E-state index is -0.402. The second kappa shape index (κ2) is 3.14. The van der Waals surface area contributed by atoms with Gasteiger partial charge < -0.3 is 0 Å². The van der Waals surface area contributed by atoms with Crippen LogP contribution < -0.4 is 0 Å². The average Bonchev–Trinajstić information content (AvgIpc) is 2.33. The van der Waals surface area contributed by atoms with E-state index in [1.165, 1.54) is 25.7 Å². The largest absolute Gasteiger partial charge is 0.124 e. The van der Waals surface area contributed by atoms with Gasteiger partial charge in [0, 0.05) is 5.41 Å². The average molecular weight is 195 g/mol. The molecule has 0 nitrogen and oxygen atoms in total. The quantitative estimate of drug-likeness (QED) is 0.467. The first-order chi connectivity index (χ1) is 5.02. The monoisotopic (exact) mass is 194 g/mol. The molecule has 0 aliphatic heterocycles. The van der Waals surface area contributed by atoms with Crippen LogP contribution in [0.1, 0.15) is 46.0 Å². The van der Waals surface area contributed by atoms with Gasteiger partial charge in [0.15, 0.2) is 0 Å². The first-order valence-corrected chi connectivity index (χ1v) is 5.15. The summed E-state index contributed by atoms with van der Waals surface area (Å²) in [7, 11) is 0. The number of hydrogen-bond donors (Lipinski definition) is 0. The molecule has 0 saturated heterocycles. The molecule has 0 amide bonds. The fourth-order valence-corrected chi connectivity index (χ4v) is 2.26. The topological polar surface area (TPSA) is 0 Å². The van der Waals surface area contributed by atoms with E-state index in [-0.39, 0.29) is 5.41 Å². The molecule has 1 fully saturated rings. The maximum Gasteiger partial charge on any atom is 0.124 e. The molecule has 0 aromatic carbocycles. The standard InChI is InChI=1S/C9H16Cl2/c1-3-4-5-6-8(2)7-9(8,10)11/h3-7H2,1-2H3. The van der Waals surface area contributed by atoms with Crippen LogP contribution in [0.4, 0.5) is 0 Å². The van der Waals surface area contributed by atoms with Crippen molar-refractivity contribution in [1.82, 2.24) is 0 Å². The van der Waals surface area contributed by atoms with Gasteiger partial charge >= 0.3 is 0 Å². The third kappa shape index (κ3) is 2.03. The lowest BCUT2D eigenvalue weighted by molar-refractivity contribution is 0.474. The molecule has 0 aromatic rings. The molecule has 1 saturated carbocycles. The predicted molar refractivity (Wildman–Crippen MR) is 51.3 cm³/mol. The summed E-state index contributed by atoms with van der Waals surface area (Å²) < 4.78 is -0.402. The molecular weight excluding hydrogens is 179 g/mol. The highest BCUT2D eigenvalue weighted by molar-refractivity contribution is 6.51. The SMILES string of the molecule is CCCCCC1(C)CC1(Cl)Cl. The Morgan fingerprint density at radius 1 is 1.27 bits per heavy atom. The van der Waals surface area contributed by atoms with Gasteiger partial charge in [-0.25, -0.2) is 0 Å².